The summed E-state index contributed by atoms with van der Waals surface area (Å²) in [6, 6.07) is 1.45. The fraction of sp³-hybridized carbons (Fsp3) is 0.565. The number of hydrogen-bond acceptors (Lipinski definition) is 9. The molecule has 206 valence electrons. The van der Waals surface area contributed by atoms with Crippen LogP contribution in [0.1, 0.15) is 39.1 Å². The van der Waals surface area contributed by atoms with E-state index in [2.05, 4.69) is 19.9 Å². The van der Waals surface area contributed by atoms with E-state index in [1.54, 1.807) is 17.4 Å². The van der Waals surface area contributed by atoms with E-state index in [0.717, 1.165) is 11.3 Å². The quantitative estimate of drug-likeness (QED) is 0.461. The van der Waals surface area contributed by atoms with Gasteiger partial charge in [0, 0.05) is 37.8 Å². The van der Waals surface area contributed by atoms with Crippen molar-refractivity contribution >= 4 is 38.6 Å². The predicted octanol–water partition coefficient (Wildman–Crippen LogP) is 2.55. The molecule has 2 saturated heterocycles. The van der Waals surface area contributed by atoms with Gasteiger partial charge < -0.3 is 14.5 Å². The Bertz CT molecular complexity index is 1470. The van der Waals surface area contributed by atoms with Gasteiger partial charge in [0.05, 0.1) is 30.6 Å². The first-order chi connectivity index (χ1) is 17.9. The number of carbonyl (C=O) groups is 1. The van der Waals surface area contributed by atoms with E-state index in [4.69, 9.17) is 4.74 Å². The van der Waals surface area contributed by atoms with E-state index in [1.165, 1.54) is 12.4 Å². The van der Waals surface area contributed by atoms with Crippen LogP contribution in [0.25, 0.3) is 16.3 Å². The van der Waals surface area contributed by atoms with Crippen LogP contribution < -0.4 is 9.62 Å². The van der Waals surface area contributed by atoms with Crippen molar-refractivity contribution in [3.8, 4) is 10.7 Å². The van der Waals surface area contributed by atoms with Gasteiger partial charge in [0.15, 0.2) is 15.7 Å². The maximum absolute atomic E-state index is 13.5. The van der Waals surface area contributed by atoms with Gasteiger partial charge in [0.1, 0.15) is 10.6 Å². The van der Waals surface area contributed by atoms with E-state index >= 15 is 0 Å². The Balaban J connectivity index is 1.59. The Hall–Kier alpha value is -2.75. The number of sulfonamides is 1. The molecule has 3 aromatic heterocycles. The number of alkyl halides is 2. The molecule has 11 nitrogen and oxygen atoms in total. The van der Waals surface area contributed by atoms with Crippen LogP contribution >= 0.6 is 11.3 Å². The molecule has 0 radical (unpaired) electrons. The number of fused-ring (bicyclic) bond motifs is 1. The number of halogens is 2. The second kappa shape index (κ2) is 9.77. The summed E-state index contributed by atoms with van der Waals surface area (Å²) >= 11 is 0.725. The van der Waals surface area contributed by atoms with Gasteiger partial charge in [-0.1, -0.05) is 25.2 Å². The number of anilines is 1. The topological polar surface area (TPSA) is 122 Å². The Labute approximate surface area is 222 Å². The zero-order valence-electron chi connectivity index (χ0n) is 21.4. The van der Waals surface area contributed by atoms with Crippen LogP contribution in [-0.2, 0) is 19.6 Å². The van der Waals surface area contributed by atoms with Gasteiger partial charge in [-0.2, -0.15) is 0 Å². The summed E-state index contributed by atoms with van der Waals surface area (Å²) in [6.45, 7) is 9.34. The first-order valence-electron chi connectivity index (χ1n) is 12.2. The van der Waals surface area contributed by atoms with Crippen LogP contribution in [0, 0.1) is 5.92 Å². The van der Waals surface area contributed by atoms with Gasteiger partial charge in [-0.3, -0.25) is 9.20 Å². The van der Waals surface area contributed by atoms with E-state index < -0.39 is 27.0 Å². The van der Waals surface area contributed by atoms with Gasteiger partial charge in [-0.05, 0) is 19.9 Å². The summed E-state index contributed by atoms with van der Waals surface area (Å²) in [7, 11) is -3.99. The highest BCUT2D eigenvalue weighted by molar-refractivity contribution is 7.89. The molecule has 0 aromatic carbocycles. The molecule has 1 amide bonds. The number of amides is 1. The number of carbonyl (C=O) groups excluding carboxylic acids is 1. The molecule has 5 heterocycles. The molecule has 15 heteroatoms. The van der Waals surface area contributed by atoms with Crippen molar-refractivity contribution in [2.45, 2.75) is 50.6 Å². The third-order valence-corrected chi connectivity index (χ3v) is 9.24. The van der Waals surface area contributed by atoms with Crippen molar-refractivity contribution in [1.82, 2.24) is 29.2 Å². The molecule has 0 spiro atoms. The highest BCUT2D eigenvalue weighted by Crippen LogP contribution is 2.34. The molecule has 0 unspecified atom stereocenters. The summed E-state index contributed by atoms with van der Waals surface area (Å²) in [4.78, 5) is 21.0. The molecule has 3 aromatic rings. The number of pyridine rings is 1. The fourth-order valence-electron chi connectivity index (χ4n) is 4.69. The molecule has 5 rings (SSSR count). The van der Waals surface area contributed by atoms with Crippen LogP contribution in [0.2, 0.25) is 0 Å². The average molecular weight is 570 g/mol. The minimum atomic E-state index is -3.99. The molecular weight excluding hydrogens is 540 g/mol. The molecule has 1 N–H and O–H groups in total. The van der Waals surface area contributed by atoms with Gasteiger partial charge in [-0.25, -0.2) is 26.9 Å². The minimum absolute atomic E-state index is 0.0145. The molecule has 0 aliphatic carbocycles. The Kier molecular flexibility index (Phi) is 6.90. The van der Waals surface area contributed by atoms with E-state index in [0.29, 0.717) is 36.7 Å². The molecule has 2 fully saturated rings. The van der Waals surface area contributed by atoms with Crippen LogP contribution in [-0.4, -0.2) is 83.2 Å². The minimum Gasteiger partial charge on any atom is -0.377 e. The molecule has 2 aliphatic rings. The van der Waals surface area contributed by atoms with Crippen molar-refractivity contribution in [3.05, 3.63) is 23.5 Å². The monoisotopic (exact) mass is 569 g/mol. The highest BCUT2D eigenvalue weighted by Gasteiger charge is 2.39. The Morgan fingerprint density at radius 2 is 2.00 bits per heavy atom. The van der Waals surface area contributed by atoms with E-state index in [9.17, 15) is 22.0 Å². The average Bonchev–Trinajstić information content (AvgIpc) is 3.49. The van der Waals surface area contributed by atoms with Crippen LogP contribution in [0.5, 0.6) is 0 Å². The molecular formula is C23H29F2N7O4S2. The predicted molar refractivity (Wildman–Crippen MR) is 137 cm³/mol. The summed E-state index contributed by atoms with van der Waals surface area (Å²) in [5.41, 5.74) is 0.620. The summed E-state index contributed by atoms with van der Waals surface area (Å²) in [5, 5.41) is 7.22. The number of hydrogen-bond donors (Lipinski definition) is 1. The van der Waals surface area contributed by atoms with Crippen molar-refractivity contribution in [3.63, 3.8) is 0 Å². The maximum Gasteiger partial charge on any atom is 0.291 e. The van der Waals surface area contributed by atoms with Crippen LogP contribution in [0.4, 0.5) is 14.5 Å². The lowest BCUT2D eigenvalue weighted by atomic mass is 10.0. The first kappa shape index (κ1) is 26.8. The number of nitrogens with zero attached hydrogens (tertiary/aromatic N) is 6. The molecule has 38 heavy (non-hydrogen) atoms. The van der Waals surface area contributed by atoms with E-state index in [-0.39, 0.29) is 41.0 Å². The van der Waals surface area contributed by atoms with E-state index in [1.807, 2.05) is 30.6 Å². The summed E-state index contributed by atoms with van der Waals surface area (Å²) in [6.07, 6.45) is 0.118. The number of aromatic nitrogens is 4. The second-order valence-electron chi connectivity index (χ2n) is 10.3. The Morgan fingerprint density at radius 3 is 2.58 bits per heavy atom. The number of nitrogens with one attached hydrogen (secondary N) is 1. The first-order valence-corrected chi connectivity index (χ1v) is 14.5. The lowest BCUT2D eigenvalue weighted by molar-refractivity contribution is -0.136. The zero-order chi connectivity index (χ0) is 27.4. The fourth-order valence-corrected chi connectivity index (χ4v) is 6.80. The Morgan fingerprint density at radius 1 is 1.26 bits per heavy atom. The lowest BCUT2D eigenvalue weighted by Gasteiger charge is -2.42. The third kappa shape index (κ3) is 4.87. The smallest absolute Gasteiger partial charge is 0.291 e. The maximum atomic E-state index is 13.5. The molecule has 0 saturated carbocycles. The molecule has 0 bridgehead atoms. The van der Waals surface area contributed by atoms with Crippen molar-refractivity contribution in [2.24, 2.45) is 5.92 Å². The van der Waals surface area contributed by atoms with Gasteiger partial charge in [0.25, 0.3) is 6.43 Å². The molecule has 2 aliphatic heterocycles. The van der Waals surface area contributed by atoms with Gasteiger partial charge in [0.2, 0.25) is 15.9 Å². The van der Waals surface area contributed by atoms with Crippen LogP contribution in [0.3, 0.4) is 0 Å². The SMILES string of the molecule is CC(C)C(=O)N1CCN(c2cc(S(=O)(=O)NC3(C)COC3)cn3c(-c4nnc(C(F)F)s4)cnc23)C[C@H]1C. The van der Waals surface area contributed by atoms with Crippen LogP contribution in [0.15, 0.2) is 23.4 Å². The summed E-state index contributed by atoms with van der Waals surface area (Å²) < 4.78 is 62.8. The number of piperazine rings is 1. The largest absolute Gasteiger partial charge is 0.377 e. The van der Waals surface area contributed by atoms with Gasteiger partial charge in [-0.15, -0.1) is 10.2 Å². The number of ether oxygens (including phenoxy) is 1. The summed E-state index contributed by atoms with van der Waals surface area (Å²) in [5.74, 6) is -0.0695. The lowest BCUT2D eigenvalue weighted by Crippen LogP contribution is -2.59. The van der Waals surface area contributed by atoms with Crippen molar-refractivity contribution in [1.29, 1.82) is 0 Å². The normalized spacial score (nSPS) is 19.9. The van der Waals surface area contributed by atoms with Crippen molar-refractivity contribution < 1.29 is 26.7 Å². The highest BCUT2D eigenvalue weighted by atomic mass is 32.2. The van der Waals surface area contributed by atoms with Gasteiger partial charge >= 0.3 is 0 Å². The van der Waals surface area contributed by atoms with Crippen molar-refractivity contribution in [2.75, 3.05) is 37.7 Å². The molecule has 1 atom stereocenters. The number of rotatable bonds is 7. The third-order valence-electron chi connectivity index (χ3n) is 6.69. The standard InChI is InChI=1S/C23H29F2N7O4S2/c1-13(2)22(33)31-6-5-30(9-14(31)3)16-7-15(38(34,35)29-23(4)11-36-12-23)10-32-17(8-26-19(16)32)20-27-28-21(37-20)18(24)25/h7-8,10,13-14,18,29H,5-6,9,11-12H2,1-4H3/t14-/m1/s1. The second-order valence-corrected chi connectivity index (χ2v) is 13.0. The zero-order valence-corrected chi connectivity index (χ0v) is 23.0. The number of imidazole rings is 1.